The van der Waals surface area contributed by atoms with Crippen LogP contribution >= 0.6 is 0 Å². The van der Waals surface area contributed by atoms with Crippen LogP contribution < -0.4 is 10.5 Å². The topological polar surface area (TPSA) is 72.0 Å². The highest BCUT2D eigenvalue weighted by molar-refractivity contribution is 5.97. The number of aromatic nitrogens is 1. The molecular formula is C10H8F7N3O. The molecule has 0 unspecified atom stereocenters. The molecular weight excluding hydrogens is 311 g/mol. The van der Waals surface area contributed by atoms with Gasteiger partial charge in [0.2, 0.25) is 5.88 Å². The van der Waals surface area contributed by atoms with Crippen LogP contribution in [0.5, 0.6) is 5.88 Å². The van der Waals surface area contributed by atoms with E-state index in [0.29, 0.717) is 12.1 Å². The number of nitrogens with two attached hydrogens (primary N) is 1. The number of ether oxygens (including phenoxy) is 1. The van der Waals surface area contributed by atoms with E-state index in [2.05, 4.69) is 9.72 Å². The molecule has 0 aliphatic heterocycles. The summed E-state index contributed by atoms with van der Waals surface area (Å²) in [5.41, 5.74) is 3.00. The van der Waals surface area contributed by atoms with Gasteiger partial charge in [-0.25, -0.2) is 13.8 Å². The summed E-state index contributed by atoms with van der Waals surface area (Å²) in [7, 11) is 0. The summed E-state index contributed by atoms with van der Waals surface area (Å²) in [5, 5.41) is 7.06. The first-order valence-corrected chi connectivity index (χ1v) is 5.16. The lowest BCUT2D eigenvalue weighted by Crippen LogP contribution is -2.34. The Hall–Kier alpha value is -2.07. The predicted molar refractivity (Wildman–Crippen MR) is 56.7 cm³/mol. The Morgan fingerprint density at radius 2 is 1.81 bits per heavy atom. The molecule has 1 heterocycles. The highest BCUT2D eigenvalue weighted by Crippen LogP contribution is 2.31. The summed E-state index contributed by atoms with van der Waals surface area (Å²) in [5.74, 6) is -6.46. The number of hydrogen-bond donors (Lipinski definition) is 2. The summed E-state index contributed by atoms with van der Waals surface area (Å²) < 4.78 is 90.8. The highest BCUT2D eigenvalue weighted by atomic mass is 19.4. The maximum absolute atomic E-state index is 12.7. The molecule has 4 nitrogen and oxygen atoms in total. The molecule has 1 aromatic rings. The van der Waals surface area contributed by atoms with Crippen LogP contribution in [-0.2, 0) is 6.18 Å². The molecule has 0 spiro atoms. The summed E-state index contributed by atoms with van der Waals surface area (Å²) in [4.78, 5) is 2.88. The summed E-state index contributed by atoms with van der Waals surface area (Å²) in [6, 6.07) is 1.13. The van der Waals surface area contributed by atoms with Gasteiger partial charge in [0.25, 0.3) is 0 Å². The monoisotopic (exact) mass is 319 g/mol. The smallest absolute Gasteiger partial charge is 0.433 e. The molecule has 0 bridgehead atoms. The molecule has 0 amide bonds. The number of nitrogen functional groups attached to an aromatic ring is 1. The molecule has 0 aliphatic rings. The molecule has 0 saturated heterocycles. The first kappa shape index (κ1) is 17.0. The van der Waals surface area contributed by atoms with Crippen LogP contribution in [0.25, 0.3) is 0 Å². The fourth-order valence-corrected chi connectivity index (χ4v) is 1.14. The van der Waals surface area contributed by atoms with Crippen LogP contribution in [-0.4, -0.2) is 29.8 Å². The molecule has 0 atom stereocenters. The third-order valence-electron chi connectivity index (χ3n) is 2.16. The molecule has 1 rings (SSSR count). The SMILES string of the molecule is N=C(N)c1ccc(C(F)(F)F)nc1OCC(F)(F)C(F)F. The van der Waals surface area contributed by atoms with Crippen LogP contribution in [0.3, 0.4) is 0 Å². The second-order valence-corrected chi connectivity index (χ2v) is 3.81. The van der Waals surface area contributed by atoms with Crippen LogP contribution in [0, 0.1) is 5.41 Å². The lowest BCUT2D eigenvalue weighted by molar-refractivity contribution is -0.150. The van der Waals surface area contributed by atoms with E-state index in [1.54, 1.807) is 0 Å². The van der Waals surface area contributed by atoms with E-state index in [1.165, 1.54) is 0 Å². The van der Waals surface area contributed by atoms with Crippen molar-refractivity contribution in [3.8, 4) is 5.88 Å². The van der Waals surface area contributed by atoms with Crippen molar-refractivity contribution in [2.24, 2.45) is 5.73 Å². The minimum atomic E-state index is -4.90. The van der Waals surface area contributed by atoms with Crippen molar-refractivity contribution in [3.05, 3.63) is 23.4 Å². The average Bonchev–Trinajstić information content (AvgIpc) is 2.34. The highest BCUT2D eigenvalue weighted by Gasteiger charge is 2.42. The Morgan fingerprint density at radius 3 is 2.24 bits per heavy atom. The molecule has 118 valence electrons. The van der Waals surface area contributed by atoms with Crippen molar-refractivity contribution in [3.63, 3.8) is 0 Å². The Balaban J connectivity index is 3.11. The molecule has 3 N–H and O–H groups in total. The van der Waals surface area contributed by atoms with Crippen molar-refractivity contribution in [2.45, 2.75) is 18.5 Å². The van der Waals surface area contributed by atoms with Gasteiger partial charge in [0.15, 0.2) is 6.61 Å². The van der Waals surface area contributed by atoms with Gasteiger partial charge in [-0.15, -0.1) is 0 Å². The molecule has 21 heavy (non-hydrogen) atoms. The van der Waals surface area contributed by atoms with Gasteiger partial charge in [-0.2, -0.15) is 22.0 Å². The third kappa shape index (κ3) is 4.20. The van der Waals surface area contributed by atoms with Crippen molar-refractivity contribution in [2.75, 3.05) is 6.61 Å². The van der Waals surface area contributed by atoms with E-state index in [1.807, 2.05) is 0 Å². The van der Waals surface area contributed by atoms with E-state index in [9.17, 15) is 30.7 Å². The normalized spacial score (nSPS) is 12.6. The molecule has 0 aromatic carbocycles. The summed E-state index contributed by atoms with van der Waals surface area (Å²) in [6.07, 6.45) is -8.97. The van der Waals surface area contributed by atoms with Crippen molar-refractivity contribution in [1.29, 1.82) is 5.41 Å². The van der Waals surface area contributed by atoms with Gasteiger partial charge in [0.1, 0.15) is 11.5 Å². The Bertz CT molecular complexity index is 530. The maximum atomic E-state index is 12.7. The molecule has 1 aromatic heterocycles. The van der Waals surface area contributed by atoms with Gasteiger partial charge < -0.3 is 10.5 Å². The van der Waals surface area contributed by atoms with Gasteiger partial charge in [0, 0.05) is 0 Å². The number of nitrogens with zero attached hydrogens (tertiary/aromatic N) is 1. The molecule has 11 heteroatoms. The summed E-state index contributed by atoms with van der Waals surface area (Å²) in [6.45, 7) is -1.90. The van der Waals surface area contributed by atoms with E-state index < -0.39 is 48.1 Å². The first-order valence-electron chi connectivity index (χ1n) is 5.16. The number of hydrogen-bond acceptors (Lipinski definition) is 3. The van der Waals surface area contributed by atoms with Crippen molar-refractivity contribution >= 4 is 5.84 Å². The van der Waals surface area contributed by atoms with Crippen LogP contribution in [0.2, 0.25) is 0 Å². The third-order valence-corrected chi connectivity index (χ3v) is 2.16. The molecule has 0 radical (unpaired) electrons. The van der Waals surface area contributed by atoms with Gasteiger partial charge in [0.05, 0.1) is 5.56 Å². The van der Waals surface area contributed by atoms with Crippen LogP contribution in [0.1, 0.15) is 11.3 Å². The van der Waals surface area contributed by atoms with Gasteiger partial charge >= 0.3 is 18.5 Å². The van der Waals surface area contributed by atoms with Crippen molar-refractivity contribution < 1.29 is 35.5 Å². The van der Waals surface area contributed by atoms with E-state index >= 15 is 0 Å². The van der Waals surface area contributed by atoms with Crippen LogP contribution in [0.15, 0.2) is 12.1 Å². The van der Waals surface area contributed by atoms with Gasteiger partial charge in [-0.3, -0.25) is 5.41 Å². The number of halogens is 7. The van der Waals surface area contributed by atoms with Gasteiger partial charge in [-0.1, -0.05) is 0 Å². The first-order chi connectivity index (χ1) is 9.45. The number of alkyl halides is 7. The second-order valence-electron chi connectivity index (χ2n) is 3.81. The van der Waals surface area contributed by atoms with E-state index in [0.717, 1.165) is 0 Å². The Kier molecular flexibility index (Phi) is 4.64. The largest absolute Gasteiger partial charge is 0.470 e. The van der Waals surface area contributed by atoms with Crippen LogP contribution in [0.4, 0.5) is 30.7 Å². The quantitative estimate of drug-likeness (QED) is 0.498. The van der Waals surface area contributed by atoms with E-state index in [-0.39, 0.29) is 0 Å². The van der Waals surface area contributed by atoms with Gasteiger partial charge in [-0.05, 0) is 12.1 Å². The zero-order chi connectivity index (χ0) is 16.4. The van der Waals surface area contributed by atoms with E-state index in [4.69, 9.17) is 11.1 Å². The molecule has 0 saturated carbocycles. The Labute approximate surface area is 113 Å². The zero-order valence-corrected chi connectivity index (χ0v) is 10.0. The zero-order valence-electron chi connectivity index (χ0n) is 10.0. The number of pyridine rings is 1. The maximum Gasteiger partial charge on any atom is 0.433 e. The fraction of sp³-hybridized carbons (Fsp3) is 0.400. The second kappa shape index (κ2) is 5.74. The minimum Gasteiger partial charge on any atom is -0.470 e. The molecule has 0 aliphatic carbocycles. The lowest BCUT2D eigenvalue weighted by atomic mass is 10.2. The predicted octanol–water partition coefficient (Wildman–Crippen LogP) is 2.66. The Morgan fingerprint density at radius 1 is 1.24 bits per heavy atom. The number of amidine groups is 1. The standard InChI is InChI=1S/C10H8F7N3O/c11-8(12)9(13,14)3-21-7-4(6(18)19)1-2-5(20-7)10(15,16)17/h1-2,8H,3H2,(H3,18,19). The number of nitrogens with one attached hydrogen (secondary N) is 1. The summed E-state index contributed by atoms with van der Waals surface area (Å²) >= 11 is 0. The van der Waals surface area contributed by atoms with Crippen molar-refractivity contribution in [1.82, 2.24) is 4.98 Å². The molecule has 0 fully saturated rings. The minimum absolute atomic E-state index is 0.453. The fourth-order valence-electron chi connectivity index (χ4n) is 1.14. The lowest BCUT2D eigenvalue weighted by Gasteiger charge is -2.17. The number of rotatable bonds is 5. The average molecular weight is 319 g/mol.